The molecular formula is C13H19NO3S. The van der Waals surface area contributed by atoms with E-state index in [1.165, 1.54) is 0 Å². The van der Waals surface area contributed by atoms with E-state index in [2.05, 4.69) is 0 Å². The molecule has 0 amide bonds. The average molecular weight is 269 g/mol. The van der Waals surface area contributed by atoms with E-state index in [1.54, 1.807) is 32.2 Å². The topological polar surface area (TPSA) is 69.4 Å². The van der Waals surface area contributed by atoms with Crippen molar-refractivity contribution in [3.8, 4) is 0 Å². The Morgan fingerprint density at radius 1 is 1.44 bits per heavy atom. The quantitative estimate of drug-likeness (QED) is 0.670. The Morgan fingerprint density at radius 3 is 2.56 bits per heavy atom. The Kier molecular flexibility index (Phi) is 4.90. The second kappa shape index (κ2) is 6.00. The normalized spacial score (nSPS) is 12.5. The van der Waals surface area contributed by atoms with Gasteiger partial charge in [0.2, 0.25) is 0 Å². The van der Waals surface area contributed by atoms with Gasteiger partial charge in [0.15, 0.2) is 0 Å². The third-order valence-electron chi connectivity index (χ3n) is 2.55. The molecular weight excluding hydrogens is 250 g/mol. The molecule has 0 spiro atoms. The van der Waals surface area contributed by atoms with E-state index >= 15 is 0 Å². The zero-order valence-corrected chi connectivity index (χ0v) is 12.0. The van der Waals surface area contributed by atoms with Crippen LogP contribution in [0.4, 0.5) is 5.69 Å². The molecule has 0 fully saturated rings. The number of rotatable bonds is 4. The van der Waals surface area contributed by atoms with Crippen LogP contribution in [0.5, 0.6) is 0 Å². The summed E-state index contributed by atoms with van der Waals surface area (Å²) < 4.78 is 16.3. The van der Waals surface area contributed by atoms with Crippen molar-refractivity contribution in [3.63, 3.8) is 0 Å². The van der Waals surface area contributed by atoms with Crippen molar-refractivity contribution in [2.75, 3.05) is 12.0 Å². The van der Waals surface area contributed by atoms with E-state index in [4.69, 9.17) is 10.5 Å². The second-order valence-electron chi connectivity index (χ2n) is 4.48. The summed E-state index contributed by atoms with van der Waals surface area (Å²) in [5.41, 5.74) is 8.40. The lowest BCUT2D eigenvalue weighted by Crippen LogP contribution is -2.14. The predicted octanol–water partition coefficient (Wildman–Crippen LogP) is 2.02. The molecule has 0 saturated heterocycles. The molecule has 0 radical (unpaired) electrons. The van der Waals surface area contributed by atoms with Crippen LogP contribution in [0.3, 0.4) is 0 Å². The molecule has 18 heavy (non-hydrogen) atoms. The van der Waals surface area contributed by atoms with Crippen LogP contribution in [0.25, 0.3) is 0 Å². The maximum absolute atomic E-state index is 11.8. The number of hydrogen-bond acceptors (Lipinski definition) is 4. The molecule has 1 atom stereocenters. The molecule has 1 unspecified atom stereocenters. The Morgan fingerprint density at radius 2 is 2.06 bits per heavy atom. The van der Waals surface area contributed by atoms with E-state index in [1.807, 2.05) is 6.92 Å². The van der Waals surface area contributed by atoms with Gasteiger partial charge in [-0.2, -0.15) is 0 Å². The first-order valence-corrected chi connectivity index (χ1v) is 7.44. The summed E-state index contributed by atoms with van der Waals surface area (Å²) in [6.07, 6.45) is 1.45. The summed E-state index contributed by atoms with van der Waals surface area (Å²) in [5.74, 6) is 0.0185. The van der Waals surface area contributed by atoms with E-state index < -0.39 is 16.8 Å². The van der Waals surface area contributed by atoms with Gasteiger partial charge in [0.1, 0.15) is 0 Å². The van der Waals surface area contributed by atoms with Crippen LogP contribution in [-0.4, -0.2) is 22.5 Å². The fourth-order valence-corrected chi connectivity index (χ4v) is 2.36. The van der Waals surface area contributed by atoms with Crippen molar-refractivity contribution >= 4 is 22.5 Å². The van der Waals surface area contributed by atoms with E-state index in [0.29, 0.717) is 17.0 Å². The van der Waals surface area contributed by atoms with Crippen molar-refractivity contribution in [1.29, 1.82) is 0 Å². The maximum atomic E-state index is 11.8. The van der Waals surface area contributed by atoms with Gasteiger partial charge in [0, 0.05) is 28.5 Å². The number of carbonyl (C=O) groups excluding carboxylic acids is 1. The van der Waals surface area contributed by atoms with Gasteiger partial charge >= 0.3 is 5.97 Å². The van der Waals surface area contributed by atoms with Crippen LogP contribution in [0, 0.1) is 6.92 Å². The lowest BCUT2D eigenvalue weighted by Gasteiger charge is -2.13. The van der Waals surface area contributed by atoms with Crippen LogP contribution >= 0.6 is 0 Å². The van der Waals surface area contributed by atoms with Gasteiger partial charge in [-0.15, -0.1) is 0 Å². The molecule has 1 aromatic rings. The Labute approximate surface area is 110 Å². The molecule has 4 nitrogen and oxygen atoms in total. The Hall–Kier alpha value is -1.36. The molecule has 0 aliphatic carbocycles. The summed E-state index contributed by atoms with van der Waals surface area (Å²) >= 11 is 0. The SMILES string of the molecule is Cc1c(CS(C)=O)ccc(C(=O)OC(C)C)c1N. The lowest BCUT2D eigenvalue weighted by molar-refractivity contribution is 0.0379. The van der Waals surface area contributed by atoms with Crippen LogP contribution in [0.15, 0.2) is 12.1 Å². The summed E-state index contributed by atoms with van der Waals surface area (Å²) in [6, 6.07) is 3.42. The summed E-state index contributed by atoms with van der Waals surface area (Å²) in [5, 5.41) is 0. The monoisotopic (exact) mass is 269 g/mol. The van der Waals surface area contributed by atoms with Crippen molar-refractivity contribution in [2.45, 2.75) is 32.6 Å². The zero-order chi connectivity index (χ0) is 13.9. The first kappa shape index (κ1) is 14.7. The zero-order valence-electron chi connectivity index (χ0n) is 11.1. The fraction of sp³-hybridized carbons (Fsp3) is 0.462. The van der Waals surface area contributed by atoms with E-state index in [0.717, 1.165) is 11.1 Å². The number of carbonyl (C=O) groups is 1. The molecule has 0 bridgehead atoms. The number of anilines is 1. The van der Waals surface area contributed by atoms with Gasteiger partial charge in [-0.1, -0.05) is 6.07 Å². The number of nitrogens with two attached hydrogens (primary N) is 1. The number of ether oxygens (including phenoxy) is 1. The van der Waals surface area contributed by atoms with Gasteiger partial charge in [-0.25, -0.2) is 4.79 Å². The van der Waals surface area contributed by atoms with Crippen LogP contribution < -0.4 is 5.73 Å². The lowest BCUT2D eigenvalue weighted by atomic mass is 10.0. The highest BCUT2D eigenvalue weighted by Gasteiger charge is 2.16. The molecule has 0 aliphatic rings. The summed E-state index contributed by atoms with van der Waals surface area (Å²) in [6.45, 7) is 5.40. The van der Waals surface area contributed by atoms with Crippen molar-refractivity contribution < 1.29 is 13.7 Å². The smallest absolute Gasteiger partial charge is 0.340 e. The minimum absolute atomic E-state index is 0.181. The van der Waals surface area contributed by atoms with E-state index in [9.17, 15) is 9.00 Å². The first-order chi connectivity index (χ1) is 8.32. The number of benzene rings is 1. The largest absolute Gasteiger partial charge is 0.459 e. The number of esters is 1. The molecule has 100 valence electrons. The summed E-state index contributed by atoms with van der Waals surface area (Å²) in [4.78, 5) is 11.8. The number of hydrogen-bond donors (Lipinski definition) is 1. The minimum Gasteiger partial charge on any atom is -0.459 e. The fourth-order valence-electron chi connectivity index (χ4n) is 1.60. The predicted molar refractivity (Wildman–Crippen MR) is 73.9 cm³/mol. The van der Waals surface area contributed by atoms with Crippen LogP contribution in [0.1, 0.15) is 35.3 Å². The Bertz CT molecular complexity index is 483. The molecule has 0 saturated carbocycles. The highest BCUT2D eigenvalue weighted by Crippen LogP contribution is 2.23. The molecule has 1 aromatic carbocycles. The van der Waals surface area contributed by atoms with Gasteiger partial charge < -0.3 is 10.5 Å². The van der Waals surface area contributed by atoms with Gasteiger partial charge in [-0.3, -0.25) is 4.21 Å². The van der Waals surface area contributed by atoms with E-state index in [-0.39, 0.29) is 6.10 Å². The third kappa shape index (κ3) is 3.57. The highest BCUT2D eigenvalue weighted by molar-refractivity contribution is 7.83. The highest BCUT2D eigenvalue weighted by atomic mass is 32.2. The maximum Gasteiger partial charge on any atom is 0.340 e. The molecule has 0 aliphatic heterocycles. The molecule has 5 heteroatoms. The molecule has 0 aromatic heterocycles. The van der Waals surface area contributed by atoms with Gasteiger partial charge in [0.05, 0.1) is 11.7 Å². The van der Waals surface area contributed by atoms with Crippen LogP contribution in [-0.2, 0) is 21.3 Å². The summed E-state index contributed by atoms with van der Waals surface area (Å²) in [7, 11) is -0.933. The molecule has 2 N–H and O–H groups in total. The average Bonchev–Trinajstić information content (AvgIpc) is 2.23. The van der Waals surface area contributed by atoms with Crippen LogP contribution in [0.2, 0.25) is 0 Å². The Balaban J connectivity index is 3.07. The number of nitrogen functional groups attached to an aromatic ring is 1. The standard InChI is InChI=1S/C13H19NO3S/c1-8(2)17-13(15)11-6-5-10(7-18(4)16)9(3)12(11)14/h5-6,8H,7,14H2,1-4H3. The van der Waals surface area contributed by atoms with Crippen molar-refractivity contribution in [3.05, 3.63) is 28.8 Å². The van der Waals surface area contributed by atoms with Crippen molar-refractivity contribution in [1.82, 2.24) is 0 Å². The minimum atomic E-state index is -0.933. The third-order valence-corrected chi connectivity index (χ3v) is 3.27. The molecule has 0 heterocycles. The second-order valence-corrected chi connectivity index (χ2v) is 5.92. The van der Waals surface area contributed by atoms with Crippen molar-refractivity contribution in [2.24, 2.45) is 0 Å². The first-order valence-electron chi connectivity index (χ1n) is 5.72. The van der Waals surface area contributed by atoms with Gasteiger partial charge in [0.25, 0.3) is 0 Å². The van der Waals surface area contributed by atoms with Gasteiger partial charge in [-0.05, 0) is 38.0 Å². The molecule has 1 rings (SSSR count).